The maximum Gasteiger partial charge on any atom is 0.335 e. The van der Waals surface area contributed by atoms with Crippen LogP contribution < -0.4 is 18.9 Å². The van der Waals surface area contributed by atoms with Crippen molar-refractivity contribution in [1.29, 1.82) is 0 Å². The van der Waals surface area contributed by atoms with E-state index in [1.165, 1.54) is 7.11 Å². The van der Waals surface area contributed by atoms with E-state index in [-0.39, 0.29) is 18.8 Å². The first-order valence-corrected chi connectivity index (χ1v) is 9.27. The molecule has 0 spiro atoms. The summed E-state index contributed by atoms with van der Waals surface area (Å²) in [5.41, 5.74) is 2.43. The third-order valence-corrected chi connectivity index (χ3v) is 5.13. The summed E-state index contributed by atoms with van der Waals surface area (Å²) < 4.78 is 27.1. The molecule has 7 heteroatoms. The zero-order chi connectivity index (χ0) is 20.4. The van der Waals surface area contributed by atoms with Gasteiger partial charge in [-0.1, -0.05) is 6.07 Å². The second-order valence-electron chi connectivity index (χ2n) is 6.90. The van der Waals surface area contributed by atoms with Gasteiger partial charge in [-0.3, -0.25) is 4.90 Å². The van der Waals surface area contributed by atoms with Crippen LogP contribution in [0.2, 0.25) is 0 Å². The summed E-state index contributed by atoms with van der Waals surface area (Å²) in [6.45, 7) is 1.10. The van der Waals surface area contributed by atoms with E-state index in [4.69, 9.17) is 23.7 Å². The van der Waals surface area contributed by atoms with Crippen molar-refractivity contribution in [3.05, 3.63) is 59.2 Å². The maximum atomic E-state index is 12.6. The van der Waals surface area contributed by atoms with Gasteiger partial charge in [-0.25, -0.2) is 4.79 Å². The molecule has 7 nitrogen and oxygen atoms in total. The summed E-state index contributed by atoms with van der Waals surface area (Å²) in [6.07, 6.45) is 0. The number of hydrogen-bond donors (Lipinski definition) is 0. The van der Waals surface area contributed by atoms with Crippen molar-refractivity contribution < 1.29 is 28.5 Å². The number of likely N-dealkylation sites (N-methyl/N-ethyl adjacent to an activating group) is 1. The van der Waals surface area contributed by atoms with Gasteiger partial charge >= 0.3 is 5.97 Å². The van der Waals surface area contributed by atoms with Crippen molar-refractivity contribution in [3.63, 3.8) is 0 Å². The average molecular weight is 397 g/mol. The highest BCUT2D eigenvalue weighted by Crippen LogP contribution is 2.41. The number of carbonyl (C=O) groups excluding carboxylic acids is 1. The van der Waals surface area contributed by atoms with E-state index in [1.807, 2.05) is 49.5 Å². The topological polar surface area (TPSA) is 66.5 Å². The Morgan fingerprint density at radius 2 is 1.79 bits per heavy atom. The number of rotatable bonds is 6. The first-order valence-electron chi connectivity index (χ1n) is 9.27. The predicted octanol–water partition coefficient (Wildman–Crippen LogP) is 2.96. The minimum absolute atomic E-state index is 0.208. The molecule has 0 bridgehead atoms. The Morgan fingerprint density at radius 3 is 2.52 bits per heavy atom. The van der Waals surface area contributed by atoms with Crippen molar-refractivity contribution in [2.75, 3.05) is 41.2 Å². The molecule has 2 aliphatic rings. The Balaban J connectivity index is 1.61. The lowest BCUT2D eigenvalue weighted by atomic mass is 9.97. The molecule has 2 heterocycles. The molecule has 4 rings (SSSR count). The zero-order valence-corrected chi connectivity index (χ0v) is 16.6. The second kappa shape index (κ2) is 8.05. The van der Waals surface area contributed by atoms with E-state index < -0.39 is 0 Å². The van der Waals surface area contributed by atoms with Crippen molar-refractivity contribution in [1.82, 2.24) is 4.90 Å². The van der Waals surface area contributed by atoms with Crippen LogP contribution in [-0.4, -0.2) is 52.1 Å². The fourth-order valence-corrected chi connectivity index (χ4v) is 3.73. The Bertz CT molecular complexity index is 937. The Morgan fingerprint density at radius 1 is 1.07 bits per heavy atom. The van der Waals surface area contributed by atoms with Crippen LogP contribution in [0.1, 0.15) is 11.6 Å². The Hall–Kier alpha value is -3.19. The number of carbonyl (C=O) groups is 1. The zero-order valence-electron chi connectivity index (χ0n) is 16.6. The lowest BCUT2D eigenvalue weighted by molar-refractivity contribution is -0.136. The van der Waals surface area contributed by atoms with E-state index in [0.717, 1.165) is 16.9 Å². The van der Waals surface area contributed by atoms with Crippen molar-refractivity contribution in [2.45, 2.75) is 6.04 Å². The van der Waals surface area contributed by atoms with Gasteiger partial charge < -0.3 is 23.7 Å². The molecule has 2 aliphatic heterocycles. The summed E-state index contributed by atoms with van der Waals surface area (Å²) in [5, 5.41) is 0. The Labute approximate surface area is 169 Å². The first-order chi connectivity index (χ1) is 14.1. The molecule has 152 valence electrons. The maximum absolute atomic E-state index is 12.6. The van der Waals surface area contributed by atoms with Gasteiger partial charge in [-0.05, 0) is 54.6 Å². The van der Waals surface area contributed by atoms with Crippen LogP contribution >= 0.6 is 0 Å². The normalized spacial score (nSPS) is 18.1. The van der Waals surface area contributed by atoms with Crippen LogP contribution in [0.3, 0.4) is 0 Å². The molecule has 2 aromatic rings. The van der Waals surface area contributed by atoms with Gasteiger partial charge in [-0.15, -0.1) is 0 Å². The number of esters is 1. The van der Waals surface area contributed by atoms with E-state index in [9.17, 15) is 4.79 Å². The molecule has 0 aliphatic carbocycles. The molecule has 0 saturated carbocycles. The number of benzene rings is 2. The third kappa shape index (κ3) is 3.73. The molecule has 0 fully saturated rings. The third-order valence-electron chi connectivity index (χ3n) is 5.13. The highest BCUT2D eigenvalue weighted by molar-refractivity contribution is 5.92. The number of nitrogens with zero attached hydrogens (tertiary/aromatic N) is 1. The summed E-state index contributed by atoms with van der Waals surface area (Å²) in [7, 11) is 4.98. The summed E-state index contributed by atoms with van der Waals surface area (Å²) in [5.74, 6) is 2.50. The molecule has 0 aromatic heterocycles. The average Bonchev–Trinajstić information content (AvgIpc) is 3.35. The van der Waals surface area contributed by atoms with Crippen LogP contribution in [0.4, 0.5) is 0 Å². The van der Waals surface area contributed by atoms with Crippen LogP contribution in [0, 0.1) is 0 Å². The van der Waals surface area contributed by atoms with Crippen LogP contribution in [-0.2, 0) is 9.53 Å². The minimum Gasteiger partial charge on any atom is -0.497 e. The van der Waals surface area contributed by atoms with E-state index in [0.29, 0.717) is 36.0 Å². The summed E-state index contributed by atoms with van der Waals surface area (Å²) in [6, 6.07) is 12.8. The number of hydrogen-bond acceptors (Lipinski definition) is 7. The lowest BCUT2D eigenvalue weighted by Gasteiger charge is -2.22. The van der Waals surface area contributed by atoms with Crippen molar-refractivity contribution >= 4 is 5.97 Å². The quantitative estimate of drug-likeness (QED) is 0.695. The number of ether oxygens (including phenoxy) is 5. The molecule has 0 saturated heterocycles. The molecule has 1 atom stereocenters. The van der Waals surface area contributed by atoms with Gasteiger partial charge in [0.15, 0.2) is 11.5 Å². The molecule has 0 amide bonds. The van der Waals surface area contributed by atoms with Gasteiger partial charge in [0.05, 0.1) is 25.8 Å². The van der Waals surface area contributed by atoms with Crippen LogP contribution in [0.5, 0.6) is 23.0 Å². The molecular formula is C22H23NO6. The number of fused-ring (bicyclic) bond motifs is 1. The summed E-state index contributed by atoms with van der Waals surface area (Å²) >= 11 is 0. The summed E-state index contributed by atoms with van der Waals surface area (Å²) in [4.78, 5) is 14.7. The van der Waals surface area contributed by atoms with Crippen LogP contribution in [0.25, 0.3) is 0 Å². The molecule has 2 aromatic carbocycles. The molecule has 0 radical (unpaired) electrons. The lowest BCUT2D eigenvalue weighted by Crippen LogP contribution is -2.23. The number of methoxy groups -OCH3 is 2. The molecular weight excluding hydrogens is 374 g/mol. The van der Waals surface area contributed by atoms with Crippen molar-refractivity contribution in [3.8, 4) is 23.0 Å². The highest BCUT2D eigenvalue weighted by atomic mass is 16.7. The largest absolute Gasteiger partial charge is 0.497 e. The molecule has 0 N–H and O–H groups in total. The highest BCUT2D eigenvalue weighted by Gasteiger charge is 2.37. The monoisotopic (exact) mass is 397 g/mol. The van der Waals surface area contributed by atoms with Crippen molar-refractivity contribution in [2.24, 2.45) is 0 Å². The van der Waals surface area contributed by atoms with E-state index >= 15 is 0 Å². The predicted molar refractivity (Wildman–Crippen MR) is 105 cm³/mol. The van der Waals surface area contributed by atoms with Gasteiger partial charge in [0, 0.05) is 6.54 Å². The van der Waals surface area contributed by atoms with Gasteiger partial charge in [-0.2, -0.15) is 0 Å². The van der Waals surface area contributed by atoms with Gasteiger partial charge in [0.1, 0.15) is 18.1 Å². The minimum atomic E-state index is -0.356. The van der Waals surface area contributed by atoms with Gasteiger partial charge in [0.25, 0.3) is 0 Å². The fourth-order valence-electron chi connectivity index (χ4n) is 3.73. The smallest absolute Gasteiger partial charge is 0.335 e. The van der Waals surface area contributed by atoms with E-state index in [2.05, 4.69) is 4.90 Å². The first kappa shape index (κ1) is 19.1. The fraction of sp³-hybridized carbons (Fsp3) is 0.318. The van der Waals surface area contributed by atoms with Gasteiger partial charge in [0.2, 0.25) is 6.79 Å². The van der Waals surface area contributed by atoms with E-state index in [1.54, 1.807) is 7.11 Å². The van der Waals surface area contributed by atoms with Crippen LogP contribution in [0.15, 0.2) is 53.6 Å². The standard InChI is InChI=1S/C22H23NO6/c1-23-11-15(12-27-17-7-5-16(25-2)6-8-17)20(22(24)26-3)21(23)14-4-9-18-19(10-14)29-13-28-18/h4-10,21H,11-13H2,1-3H3/t21-/m0/s1. The SMILES string of the molecule is COC(=O)C1=C(COc2ccc(OC)cc2)CN(C)[C@H]1c1ccc2c(c1)OCO2. The second-order valence-corrected chi connectivity index (χ2v) is 6.90. The molecule has 0 unspecified atom stereocenters. The Kier molecular flexibility index (Phi) is 5.31. The molecule has 29 heavy (non-hydrogen) atoms.